The SMILES string of the molecule is CC/C=C\C/C=C\C/C=C\C/C=C\C/C=C\C/C=C\CCCCC(=O)OC(/C=C\CCCCCCCCC)CCCCCCC(=O)NC(CCCN)C(=O)O. The van der Waals surface area contributed by atoms with Gasteiger partial charge in [0.2, 0.25) is 5.91 Å². The number of amides is 1. The summed E-state index contributed by atoms with van der Waals surface area (Å²) in [6.45, 7) is 4.79. The molecule has 0 bridgehead atoms. The minimum absolute atomic E-state index is 0.132. The second-order valence-corrected chi connectivity index (χ2v) is 14.4. The first kappa shape index (κ1) is 51.5. The molecule has 7 nitrogen and oxygen atoms in total. The number of hydrogen-bond acceptors (Lipinski definition) is 5. The van der Waals surface area contributed by atoms with Crippen LogP contribution in [0.15, 0.2) is 85.1 Å². The van der Waals surface area contributed by atoms with Crippen LogP contribution in [0.1, 0.15) is 181 Å². The number of aliphatic carboxylic acids is 1. The first-order valence-electron chi connectivity index (χ1n) is 21.9. The van der Waals surface area contributed by atoms with Gasteiger partial charge in [-0.15, -0.1) is 0 Å². The summed E-state index contributed by atoms with van der Waals surface area (Å²) in [6.07, 6.45) is 55.0. The topological polar surface area (TPSA) is 119 Å². The third-order valence-corrected chi connectivity index (χ3v) is 9.18. The summed E-state index contributed by atoms with van der Waals surface area (Å²) < 4.78 is 5.91. The number of rotatable bonds is 38. The molecule has 312 valence electrons. The van der Waals surface area contributed by atoms with Crippen LogP contribution in [0.5, 0.6) is 0 Å². The Morgan fingerprint density at radius 1 is 0.564 bits per heavy atom. The van der Waals surface area contributed by atoms with Gasteiger partial charge in [-0.3, -0.25) is 9.59 Å². The fourth-order valence-corrected chi connectivity index (χ4v) is 5.89. The summed E-state index contributed by atoms with van der Waals surface area (Å²) >= 11 is 0. The number of nitrogens with one attached hydrogen (secondary N) is 1. The molecule has 0 rings (SSSR count). The van der Waals surface area contributed by atoms with Gasteiger partial charge in [-0.2, -0.15) is 0 Å². The van der Waals surface area contributed by atoms with E-state index in [-0.39, 0.29) is 18.0 Å². The number of carbonyl (C=O) groups excluding carboxylic acids is 2. The number of unbranched alkanes of at least 4 members (excludes halogenated alkanes) is 12. The lowest BCUT2D eigenvalue weighted by Gasteiger charge is -2.15. The van der Waals surface area contributed by atoms with Gasteiger partial charge < -0.3 is 20.9 Å². The smallest absolute Gasteiger partial charge is 0.326 e. The summed E-state index contributed by atoms with van der Waals surface area (Å²) in [5, 5.41) is 11.9. The van der Waals surface area contributed by atoms with E-state index in [0.717, 1.165) is 96.3 Å². The fraction of sp³-hybridized carbons (Fsp3) is 0.646. The zero-order chi connectivity index (χ0) is 40.3. The molecule has 0 aromatic carbocycles. The van der Waals surface area contributed by atoms with E-state index in [1.807, 2.05) is 0 Å². The highest BCUT2D eigenvalue weighted by molar-refractivity contribution is 5.83. The average molecular weight is 765 g/mol. The van der Waals surface area contributed by atoms with Gasteiger partial charge in [-0.25, -0.2) is 4.79 Å². The molecule has 0 radical (unpaired) electrons. The third-order valence-electron chi connectivity index (χ3n) is 9.18. The van der Waals surface area contributed by atoms with Crippen LogP contribution in [0.2, 0.25) is 0 Å². The van der Waals surface area contributed by atoms with E-state index >= 15 is 0 Å². The third kappa shape index (κ3) is 38.6. The summed E-state index contributed by atoms with van der Waals surface area (Å²) in [5.74, 6) is -1.38. The van der Waals surface area contributed by atoms with Crippen LogP contribution >= 0.6 is 0 Å². The van der Waals surface area contributed by atoms with E-state index in [4.69, 9.17) is 10.5 Å². The zero-order valence-corrected chi connectivity index (χ0v) is 35.0. The molecule has 0 saturated carbocycles. The fourth-order valence-electron chi connectivity index (χ4n) is 5.89. The van der Waals surface area contributed by atoms with Gasteiger partial charge in [0, 0.05) is 12.8 Å². The molecule has 0 aliphatic rings. The quantitative estimate of drug-likeness (QED) is 0.0327. The normalized spacial score (nSPS) is 13.5. The van der Waals surface area contributed by atoms with E-state index in [1.165, 1.54) is 38.5 Å². The van der Waals surface area contributed by atoms with Crippen LogP contribution in [0.25, 0.3) is 0 Å². The molecule has 0 aliphatic heterocycles. The summed E-state index contributed by atoms with van der Waals surface area (Å²) in [7, 11) is 0. The Balaban J connectivity index is 4.38. The van der Waals surface area contributed by atoms with Crippen LogP contribution in [-0.4, -0.2) is 41.6 Å². The number of allylic oxidation sites excluding steroid dienone is 13. The summed E-state index contributed by atoms with van der Waals surface area (Å²) in [4.78, 5) is 36.4. The van der Waals surface area contributed by atoms with Gasteiger partial charge >= 0.3 is 11.9 Å². The monoisotopic (exact) mass is 765 g/mol. The summed E-state index contributed by atoms with van der Waals surface area (Å²) in [5.41, 5.74) is 5.48. The molecule has 55 heavy (non-hydrogen) atoms. The van der Waals surface area contributed by atoms with Gasteiger partial charge in [0.05, 0.1) is 0 Å². The highest BCUT2D eigenvalue weighted by Crippen LogP contribution is 2.15. The Hall–Kier alpha value is -3.45. The molecule has 0 heterocycles. The molecule has 0 spiro atoms. The Bertz CT molecular complexity index is 1130. The van der Waals surface area contributed by atoms with E-state index in [0.29, 0.717) is 38.6 Å². The van der Waals surface area contributed by atoms with Crippen LogP contribution in [-0.2, 0) is 19.1 Å². The standard InChI is InChI=1S/C48H80N2O5/c1-3-5-7-9-11-13-14-15-16-17-18-19-20-21-22-23-24-26-28-30-36-42-47(52)55-44(38-33-29-27-25-12-10-8-6-4-2)39-34-31-32-35-41-46(51)50-45(48(53)54)40-37-43-49/h5,7,11,13,15-16,18-19,21-22,24,26,33,38,44-45H,3-4,6,8-10,12,14,17,20,23,25,27-32,34-37,39-43,49H2,1-2H3,(H,50,51)(H,53,54)/b7-5-,13-11-,16-15-,19-18-,22-21-,26-24-,38-33-. The Morgan fingerprint density at radius 3 is 1.64 bits per heavy atom. The van der Waals surface area contributed by atoms with Crippen molar-refractivity contribution < 1.29 is 24.2 Å². The van der Waals surface area contributed by atoms with E-state index in [9.17, 15) is 19.5 Å². The number of ether oxygens (including phenoxy) is 1. The molecule has 0 aliphatic carbocycles. The highest BCUT2D eigenvalue weighted by Gasteiger charge is 2.19. The molecular formula is C48H80N2O5. The second kappa shape index (κ2) is 41.7. The van der Waals surface area contributed by atoms with Crippen LogP contribution in [0, 0.1) is 0 Å². The molecule has 4 N–H and O–H groups in total. The maximum absolute atomic E-state index is 12.7. The molecule has 0 aromatic heterocycles. The van der Waals surface area contributed by atoms with Crippen molar-refractivity contribution in [2.75, 3.05) is 6.54 Å². The molecule has 7 heteroatoms. The van der Waals surface area contributed by atoms with E-state index in [1.54, 1.807) is 0 Å². The highest BCUT2D eigenvalue weighted by atomic mass is 16.5. The summed E-state index contributed by atoms with van der Waals surface area (Å²) in [6, 6.07) is -0.879. The van der Waals surface area contributed by atoms with Crippen molar-refractivity contribution in [3.8, 4) is 0 Å². The number of hydrogen-bond donors (Lipinski definition) is 3. The first-order chi connectivity index (χ1) is 26.9. The maximum Gasteiger partial charge on any atom is 0.326 e. The van der Waals surface area contributed by atoms with Crippen molar-refractivity contribution >= 4 is 17.8 Å². The molecule has 0 saturated heterocycles. The van der Waals surface area contributed by atoms with Crippen LogP contribution in [0.4, 0.5) is 0 Å². The number of nitrogens with two attached hydrogens (primary N) is 1. The van der Waals surface area contributed by atoms with E-state index < -0.39 is 12.0 Å². The van der Waals surface area contributed by atoms with Crippen LogP contribution in [0.3, 0.4) is 0 Å². The first-order valence-corrected chi connectivity index (χ1v) is 21.9. The van der Waals surface area contributed by atoms with Crippen molar-refractivity contribution in [2.45, 2.75) is 193 Å². The lowest BCUT2D eigenvalue weighted by molar-refractivity contribution is -0.147. The van der Waals surface area contributed by atoms with Gasteiger partial charge in [-0.05, 0) is 115 Å². The number of esters is 1. The minimum Gasteiger partial charge on any atom is -0.480 e. The van der Waals surface area contributed by atoms with E-state index in [2.05, 4.69) is 104 Å². The average Bonchev–Trinajstić information content (AvgIpc) is 3.17. The Morgan fingerprint density at radius 2 is 1.05 bits per heavy atom. The predicted octanol–water partition coefficient (Wildman–Crippen LogP) is 12.5. The number of carbonyl (C=O) groups is 3. The minimum atomic E-state index is -1.02. The van der Waals surface area contributed by atoms with Gasteiger partial charge in [0.25, 0.3) is 0 Å². The Labute approximate surface area is 336 Å². The zero-order valence-electron chi connectivity index (χ0n) is 35.0. The molecule has 0 aromatic rings. The molecule has 1 amide bonds. The number of carboxylic acid groups (broad SMARTS) is 1. The Kier molecular flexibility index (Phi) is 39.1. The van der Waals surface area contributed by atoms with Gasteiger partial charge in [0.15, 0.2) is 0 Å². The van der Waals surface area contributed by atoms with Crippen molar-refractivity contribution in [2.24, 2.45) is 5.73 Å². The van der Waals surface area contributed by atoms with Crippen LogP contribution < -0.4 is 11.1 Å². The van der Waals surface area contributed by atoms with Gasteiger partial charge in [0.1, 0.15) is 12.1 Å². The second-order valence-electron chi connectivity index (χ2n) is 14.4. The molecule has 0 fully saturated rings. The predicted molar refractivity (Wildman–Crippen MR) is 234 cm³/mol. The van der Waals surface area contributed by atoms with Crippen molar-refractivity contribution in [3.63, 3.8) is 0 Å². The lowest BCUT2D eigenvalue weighted by Crippen LogP contribution is -2.40. The molecular weight excluding hydrogens is 685 g/mol. The molecule has 2 atom stereocenters. The largest absolute Gasteiger partial charge is 0.480 e. The van der Waals surface area contributed by atoms with Gasteiger partial charge in [-0.1, -0.05) is 144 Å². The number of carboxylic acids is 1. The van der Waals surface area contributed by atoms with Crippen molar-refractivity contribution in [1.82, 2.24) is 5.32 Å². The van der Waals surface area contributed by atoms with Crippen molar-refractivity contribution in [3.05, 3.63) is 85.1 Å². The maximum atomic E-state index is 12.7. The van der Waals surface area contributed by atoms with Crippen molar-refractivity contribution in [1.29, 1.82) is 0 Å². The molecule has 2 unspecified atom stereocenters. The lowest BCUT2D eigenvalue weighted by atomic mass is 10.1.